The number of aromatic nitrogens is 5. The first kappa shape index (κ1) is 26.5. The summed E-state index contributed by atoms with van der Waals surface area (Å²) in [5, 5.41) is 27.2. The molecule has 2 aromatic carbocycles. The van der Waals surface area contributed by atoms with Gasteiger partial charge >= 0.3 is 5.97 Å². The SMILES string of the molecule is Cl.O=C(O)c1cnccc1Nc1nc(-c2nn(Cc3ccccc3F)c3ccccc23)ncc1OCCO. The maximum Gasteiger partial charge on any atom is 0.339 e. The van der Waals surface area contributed by atoms with Crippen LogP contribution in [0.1, 0.15) is 15.9 Å². The molecular formula is C26H22ClFN6O4. The quantitative estimate of drug-likeness (QED) is 0.252. The van der Waals surface area contributed by atoms with Crippen LogP contribution in [0.5, 0.6) is 5.75 Å². The molecule has 0 saturated carbocycles. The highest BCUT2D eigenvalue weighted by molar-refractivity contribution is 5.95. The van der Waals surface area contributed by atoms with Crippen LogP contribution in [0, 0.1) is 5.82 Å². The molecule has 0 radical (unpaired) electrons. The molecule has 0 bridgehead atoms. The molecule has 0 unspecified atom stereocenters. The lowest BCUT2D eigenvalue weighted by atomic mass is 10.2. The van der Waals surface area contributed by atoms with Crippen molar-refractivity contribution in [3.63, 3.8) is 0 Å². The summed E-state index contributed by atoms with van der Waals surface area (Å²) < 4.78 is 21.6. The van der Waals surface area contributed by atoms with E-state index in [1.165, 1.54) is 30.7 Å². The van der Waals surface area contributed by atoms with Crippen LogP contribution in [-0.2, 0) is 6.54 Å². The van der Waals surface area contributed by atoms with Crippen LogP contribution in [0.4, 0.5) is 15.9 Å². The molecular weight excluding hydrogens is 515 g/mol. The van der Waals surface area contributed by atoms with Crippen molar-refractivity contribution in [1.29, 1.82) is 0 Å². The number of aromatic carboxylic acids is 1. The Kier molecular flexibility index (Phi) is 8.09. The van der Waals surface area contributed by atoms with E-state index in [2.05, 4.69) is 20.3 Å². The molecule has 0 saturated heterocycles. The van der Waals surface area contributed by atoms with E-state index in [9.17, 15) is 19.4 Å². The minimum absolute atomic E-state index is 0. The number of aliphatic hydroxyl groups is 1. The Hall–Kier alpha value is -4.61. The predicted molar refractivity (Wildman–Crippen MR) is 141 cm³/mol. The topological polar surface area (TPSA) is 135 Å². The Labute approximate surface area is 222 Å². The number of rotatable bonds is 9. The monoisotopic (exact) mass is 536 g/mol. The normalized spacial score (nSPS) is 10.7. The molecule has 3 heterocycles. The van der Waals surface area contributed by atoms with E-state index in [-0.39, 0.29) is 66.6 Å². The summed E-state index contributed by atoms with van der Waals surface area (Å²) in [4.78, 5) is 24.5. The maximum absolute atomic E-state index is 14.3. The summed E-state index contributed by atoms with van der Waals surface area (Å²) in [6.07, 6.45) is 4.09. The van der Waals surface area contributed by atoms with E-state index in [4.69, 9.17) is 9.84 Å². The molecule has 5 rings (SSSR count). The van der Waals surface area contributed by atoms with Crippen LogP contribution in [0.15, 0.2) is 73.2 Å². The van der Waals surface area contributed by atoms with E-state index >= 15 is 0 Å². The lowest BCUT2D eigenvalue weighted by Crippen LogP contribution is -2.09. The fourth-order valence-electron chi connectivity index (χ4n) is 3.84. The molecule has 0 fully saturated rings. The van der Waals surface area contributed by atoms with Gasteiger partial charge in [0.15, 0.2) is 17.4 Å². The number of hydrogen-bond donors (Lipinski definition) is 3. The molecule has 0 aliphatic rings. The molecule has 10 nitrogen and oxygen atoms in total. The first-order valence-corrected chi connectivity index (χ1v) is 11.3. The average Bonchev–Trinajstić information content (AvgIpc) is 3.28. The summed E-state index contributed by atoms with van der Waals surface area (Å²) in [6.45, 7) is -0.0450. The molecule has 38 heavy (non-hydrogen) atoms. The molecule has 0 aliphatic heterocycles. The number of anilines is 2. The van der Waals surface area contributed by atoms with E-state index < -0.39 is 5.97 Å². The Morgan fingerprint density at radius 1 is 1.08 bits per heavy atom. The van der Waals surface area contributed by atoms with Gasteiger partial charge < -0.3 is 20.3 Å². The summed E-state index contributed by atoms with van der Waals surface area (Å²) in [6, 6.07) is 15.5. The van der Waals surface area contributed by atoms with Gasteiger partial charge in [-0.05, 0) is 18.2 Å². The summed E-state index contributed by atoms with van der Waals surface area (Å²) in [5.74, 6) is -0.863. The van der Waals surface area contributed by atoms with E-state index in [1.54, 1.807) is 22.9 Å². The van der Waals surface area contributed by atoms with Crippen LogP contribution < -0.4 is 10.1 Å². The van der Waals surface area contributed by atoms with Gasteiger partial charge in [-0.15, -0.1) is 12.4 Å². The first-order valence-electron chi connectivity index (χ1n) is 11.3. The molecule has 0 spiro atoms. The van der Waals surface area contributed by atoms with Crippen molar-refractivity contribution in [2.75, 3.05) is 18.5 Å². The summed E-state index contributed by atoms with van der Waals surface area (Å²) in [5.41, 5.74) is 1.89. The number of nitrogens with zero attached hydrogens (tertiary/aromatic N) is 5. The zero-order valence-corrected chi connectivity index (χ0v) is 20.6. The number of pyridine rings is 1. The fraction of sp³-hybridized carbons (Fsp3) is 0.115. The third-order valence-electron chi connectivity index (χ3n) is 5.56. The van der Waals surface area contributed by atoms with Gasteiger partial charge in [0.1, 0.15) is 23.7 Å². The fourth-order valence-corrected chi connectivity index (χ4v) is 3.84. The van der Waals surface area contributed by atoms with Crippen molar-refractivity contribution in [2.45, 2.75) is 6.54 Å². The third kappa shape index (κ3) is 5.38. The van der Waals surface area contributed by atoms with Crippen LogP contribution in [0.2, 0.25) is 0 Å². The van der Waals surface area contributed by atoms with Gasteiger partial charge in [-0.25, -0.2) is 19.2 Å². The summed E-state index contributed by atoms with van der Waals surface area (Å²) in [7, 11) is 0. The highest BCUT2D eigenvalue weighted by Crippen LogP contribution is 2.32. The Bertz CT molecular complexity index is 1600. The van der Waals surface area contributed by atoms with Crippen molar-refractivity contribution in [3.05, 3.63) is 90.1 Å². The number of hydrogen-bond acceptors (Lipinski definition) is 8. The van der Waals surface area contributed by atoms with Crippen molar-refractivity contribution < 1.29 is 24.1 Å². The molecule has 194 valence electrons. The van der Waals surface area contributed by atoms with Gasteiger partial charge in [-0.2, -0.15) is 5.10 Å². The van der Waals surface area contributed by atoms with E-state index in [1.807, 2.05) is 24.3 Å². The second-order valence-electron chi connectivity index (χ2n) is 7.94. The number of ether oxygens (including phenoxy) is 1. The molecule has 0 aliphatic carbocycles. The Balaban J connectivity index is 0.00000336. The summed E-state index contributed by atoms with van der Waals surface area (Å²) >= 11 is 0. The number of para-hydroxylation sites is 1. The maximum atomic E-state index is 14.3. The lowest BCUT2D eigenvalue weighted by molar-refractivity contribution is 0.0697. The number of nitrogens with one attached hydrogen (secondary N) is 1. The highest BCUT2D eigenvalue weighted by atomic mass is 35.5. The number of aliphatic hydroxyl groups excluding tert-OH is 1. The predicted octanol–water partition coefficient (Wildman–Crippen LogP) is 4.31. The number of carboxylic acids is 1. The van der Waals surface area contributed by atoms with Gasteiger partial charge in [-0.3, -0.25) is 9.67 Å². The number of benzene rings is 2. The molecule has 0 atom stereocenters. The van der Waals surface area contributed by atoms with Crippen LogP contribution in [-0.4, -0.2) is 54.1 Å². The minimum atomic E-state index is -1.17. The number of carboxylic acid groups (broad SMARTS) is 1. The van der Waals surface area contributed by atoms with Gasteiger partial charge in [0, 0.05) is 23.3 Å². The number of carbonyl (C=O) groups is 1. The largest absolute Gasteiger partial charge is 0.486 e. The van der Waals surface area contributed by atoms with Gasteiger partial charge in [0.2, 0.25) is 0 Å². The zero-order chi connectivity index (χ0) is 25.8. The average molecular weight is 537 g/mol. The molecule has 3 aromatic heterocycles. The van der Waals surface area contributed by atoms with E-state index in [0.717, 1.165) is 10.9 Å². The minimum Gasteiger partial charge on any atom is -0.486 e. The van der Waals surface area contributed by atoms with Crippen molar-refractivity contribution >= 4 is 40.8 Å². The number of halogens is 2. The second-order valence-corrected chi connectivity index (χ2v) is 7.94. The van der Waals surface area contributed by atoms with Crippen molar-refractivity contribution in [1.82, 2.24) is 24.7 Å². The van der Waals surface area contributed by atoms with E-state index in [0.29, 0.717) is 11.3 Å². The Morgan fingerprint density at radius 3 is 2.66 bits per heavy atom. The molecule has 3 N–H and O–H groups in total. The molecule has 12 heteroatoms. The Morgan fingerprint density at radius 2 is 1.87 bits per heavy atom. The van der Waals surface area contributed by atoms with Crippen LogP contribution in [0.25, 0.3) is 22.4 Å². The standard InChI is InChI=1S/C26H21FN6O4.ClH/c27-19-7-3-1-5-16(19)15-33-21-8-4-2-6-17(21)23(32-33)25-29-14-22(37-12-11-34)24(31-25)30-20-9-10-28-13-18(20)26(35)36;/h1-10,13-14,34H,11-12,15H2,(H,35,36)(H,28,29,30,31);1H. The smallest absolute Gasteiger partial charge is 0.339 e. The lowest BCUT2D eigenvalue weighted by Gasteiger charge is -2.13. The molecule has 5 aromatic rings. The van der Waals surface area contributed by atoms with Crippen LogP contribution in [0.3, 0.4) is 0 Å². The van der Waals surface area contributed by atoms with Crippen LogP contribution >= 0.6 is 12.4 Å². The van der Waals surface area contributed by atoms with Crippen molar-refractivity contribution in [3.8, 4) is 17.3 Å². The number of fused-ring (bicyclic) bond motifs is 1. The zero-order valence-electron chi connectivity index (χ0n) is 19.8. The van der Waals surface area contributed by atoms with Gasteiger partial charge in [-0.1, -0.05) is 36.4 Å². The third-order valence-corrected chi connectivity index (χ3v) is 5.56. The van der Waals surface area contributed by atoms with Gasteiger partial charge in [0.05, 0.1) is 30.6 Å². The molecule has 0 amide bonds. The van der Waals surface area contributed by atoms with Crippen molar-refractivity contribution in [2.24, 2.45) is 0 Å². The first-order chi connectivity index (χ1) is 18.0. The highest BCUT2D eigenvalue weighted by Gasteiger charge is 2.19. The van der Waals surface area contributed by atoms with Gasteiger partial charge in [0.25, 0.3) is 0 Å². The second kappa shape index (κ2) is 11.6.